The Morgan fingerprint density at radius 1 is 1.31 bits per heavy atom. The number of anilines is 1. The quantitative estimate of drug-likeness (QED) is 0.576. The van der Waals surface area contributed by atoms with Gasteiger partial charge in [0.25, 0.3) is 5.91 Å². The van der Waals surface area contributed by atoms with Gasteiger partial charge in [0.05, 0.1) is 0 Å². The van der Waals surface area contributed by atoms with E-state index in [1.54, 1.807) is 30.3 Å². The average Bonchev–Trinajstić information content (AvgIpc) is 2.04. The first-order chi connectivity index (χ1) is 6.00. The summed E-state index contributed by atoms with van der Waals surface area (Å²) in [6.07, 6.45) is 0. The largest absolute Gasteiger partial charge is 0.358 e. The summed E-state index contributed by atoms with van der Waals surface area (Å²) in [6, 6.07) is 8.59. The molecule has 0 fully saturated rings. The van der Waals surface area contributed by atoms with E-state index in [-0.39, 0.29) is 0 Å². The maximum Gasteiger partial charge on any atom is 0.283 e. The number of carbonyl (C=O) groups excluding carboxylic acids is 1. The molecule has 13 heavy (non-hydrogen) atoms. The van der Waals surface area contributed by atoms with Crippen molar-refractivity contribution in [3.05, 3.63) is 30.3 Å². The summed E-state index contributed by atoms with van der Waals surface area (Å²) < 4.78 is 0. The van der Waals surface area contributed by atoms with Crippen LogP contribution in [0.3, 0.4) is 0 Å². The highest BCUT2D eigenvalue weighted by molar-refractivity contribution is 5.95. The highest BCUT2D eigenvalue weighted by Gasteiger charge is 2.26. The van der Waals surface area contributed by atoms with E-state index in [0.717, 1.165) is 6.92 Å². The van der Waals surface area contributed by atoms with Gasteiger partial charge < -0.3 is 15.5 Å². The monoisotopic (exact) mass is 181 g/mol. The molecule has 4 nitrogen and oxygen atoms in total. The number of hydrogen-bond donors (Lipinski definition) is 3. The fraction of sp³-hybridized carbons (Fsp3) is 0.222. The molecule has 0 aliphatic heterocycles. The van der Waals surface area contributed by atoms with E-state index in [0.29, 0.717) is 5.69 Å². The van der Waals surface area contributed by atoms with Gasteiger partial charge in [0, 0.05) is 5.69 Å². The van der Waals surface area contributed by atoms with Crippen molar-refractivity contribution in [1.29, 1.82) is 0 Å². The number of amides is 1. The lowest BCUT2D eigenvalue weighted by Crippen LogP contribution is -2.39. The minimum atomic E-state index is -2.34. The molecule has 4 heteroatoms. The zero-order valence-electron chi connectivity index (χ0n) is 7.19. The highest BCUT2D eigenvalue weighted by atomic mass is 16.5. The number of nitrogens with one attached hydrogen (secondary N) is 1. The molecule has 0 bridgehead atoms. The molecule has 0 atom stereocenters. The molecule has 3 N–H and O–H groups in total. The summed E-state index contributed by atoms with van der Waals surface area (Å²) in [7, 11) is 0. The van der Waals surface area contributed by atoms with E-state index in [1.807, 2.05) is 0 Å². The number of rotatable bonds is 2. The van der Waals surface area contributed by atoms with Crippen molar-refractivity contribution in [2.45, 2.75) is 12.7 Å². The van der Waals surface area contributed by atoms with Gasteiger partial charge in [-0.25, -0.2) is 0 Å². The molecular weight excluding hydrogens is 170 g/mol. The van der Waals surface area contributed by atoms with Crippen LogP contribution in [0, 0.1) is 0 Å². The molecule has 0 aromatic heterocycles. The fourth-order valence-electron chi connectivity index (χ4n) is 0.771. The summed E-state index contributed by atoms with van der Waals surface area (Å²) >= 11 is 0. The maximum atomic E-state index is 11.0. The van der Waals surface area contributed by atoms with Crippen LogP contribution in [-0.2, 0) is 4.79 Å². The molecule has 1 aromatic rings. The van der Waals surface area contributed by atoms with Gasteiger partial charge in [-0.15, -0.1) is 0 Å². The standard InChI is InChI=1S/C9H11NO3/c1-9(12,13)8(11)10-7-5-3-2-4-6-7/h2-6,12-13H,1H3,(H,10,11). The van der Waals surface area contributed by atoms with E-state index in [1.165, 1.54) is 0 Å². The van der Waals surface area contributed by atoms with Crippen molar-refractivity contribution in [2.24, 2.45) is 0 Å². The molecule has 0 unspecified atom stereocenters. The Morgan fingerprint density at radius 3 is 2.31 bits per heavy atom. The third-order valence-corrected chi connectivity index (χ3v) is 1.46. The van der Waals surface area contributed by atoms with Crippen LogP contribution in [0.5, 0.6) is 0 Å². The third kappa shape index (κ3) is 2.85. The molecule has 0 spiro atoms. The second-order valence-corrected chi connectivity index (χ2v) is 2.84. The number of para-hydroxylation sites is 1. The van der Waals surface area contributed by atoms with E-state index in [4.69, 9.17) is 10.2 Å². The first-order valence-corrected chi connectivity index (χ1v) is 3.81. The minimum Gasteiger partial charge on any atom is -0.358 e. The summed E-state index contributed by atoms with van der Waals surface area (Å²) in [5.74, 6) is -3.19. The van der Waals surface area contributed by atoms with Crippen molar-refractivity contribution >= 4 is 11.6 Å². The lowest BCUT2D eigenvalue weighted by atomic mass is 10.2. The minimum absolute atomic E-state index is 0.529. The van der Waals surface area contributed by atoms with Gasteiger partial charge >= 0.3 is 0 Å². The predicted molar refractivity (Wildman–Crippen MR) is 47.9 cm³/mol. The number of carbonyl (C=O) groups is 1. The van der Waals surface area contributed by atoms with Gasteiger partial charge in [0.1, 0.15) is 0 Å². The van der Waals surface area contributed by atoms with Crippen molar-refractivity contribution < 1.29 is 15.0 Å². The zero-order chi connectivity index (χ0) is 9.90. The Labute approximate surface area is 75.8 Å². The Morgan fingerprint density at radius 2 is 1.85 bits per heavy atom. The van der Waals surface area contributed by atoms with E-state index in [2.05, 4.69) is 5.32 Å². The van der Waals surface area contributed by atoms with Crippen molar-refractivity contribution in [1.82, 2.24) is 0 Å². The van der Waals surface area contributed by atoms with E-state index < -0.39 is 11.7 Å². The molecule has 70 valence electrons. The van der Waals surface area contributed by atoms with Crippen LogP contribution in [0.1, 0.15) is 6.92 Å². The molecule has 0 radical (unpaired) electrons. The molecule has 1 rings (SSSR count). The zero-order valence-corrected chi connectivity index (χ0v) is 7.19. The van der Waals surface area contributed by atoms with Crippen LogP contribution in [0.2, 0.25) is 0 Å². The van der Waals surface area contributed by atoms with Crippen LogP contribution < -0.4 is 5.32 Å². The Hall–Kier alpha value is -1.39. The molecule has 0 aliphatic carbocycles. The molecule has 0 heterocycles. The molecule has 0 saturated heterocycles. The van der Waals surface area contributed by atoms with Crippen LogP contribution in [0.25, 0.3) is 0 Å². The van der Waals surface area contributed by atoms with Gasteiger partial charge in [-0.3, -0.25) is 4.79 Å². The molecule has 0 saturated carbocycles. The van der Waals surface area contributed by atoms with Gasteiger partial charge in [0.2, 0.25) is 5.79 Å². The van der Waals surface area contributed by atoms with Crippen molar-refractivity contribution in [3.8, 4) is 0 Å². The summed E-state index contributed by atoms with van der Waals surface area (Å²) in [6.45, 7) is 1.01. The molecule has 0 aliphatic rings. The summed E-state index contributed by atoms with van der Waals surface area (Å²) in [5, 5.41) is 20.1. The average molecular weight is 181 g/mol. The van der Waals surface area contributed by atoms with Gasteiger partial charge in [-0.2, -0.15) is 0 Å². The molecular formula is C9H11NO3. The van der Waals surface area contributed by atoms with E-state index >= 15 is 0 Å². The summed E-state index contributed by atoms with van der Waals surface area (Å²) in [4.78, 5) is 11.0. The van der Waals surface area contributed by atoms with Crippen LogP contribution in [0.15, 0.2) is 30.3 Å². The second-order valence-electron chi connectivity index (χ2n) is 2.84. The predicted octanol–water partition coefficient (Wildman–Crippen LogP) is 0.326. The number of aliphatic hydroxyl groups is 2. The second kappa shape index (κ2) is 3.55. The molecule has 1 amide bonds. The van der Waals surface area contributed by atoms with Crippen LogP contribution >= 0.6 is 0 Å². The Balaban J connectivity index is 2.66. The Kier molecular flexibility index (Phi) is 2.65. The normalized spacial score (nSPS) is 11.0. The van der Waals surface area contributed by atoms with Crippen LogP contribution in [0.4, 0.5) is 5.69 Å². The lowest BCUT2D eigenvalue weighted by Gasteiger charge is -2.14. The smallest absolute Gasteiger partial charge is 0.283 e. The number of hydrogen-bond acceptors (Lipinski definition) is 3. The van der Waals surface area contributed by atoms with Crippen LogP contribution in [-0.4, -0.2) is 21.9 Å². The first kappa shape index (κ1) is 9.70. The SMILES string of the molecule is CC(O)(O)C(=O)Nc1ccccc1. The van der Waals surface area contributed by atoms with Gasteiger partial charge in [-0.05, 0) is 19.1 Å². The van der Waals surface area contributed by atoms with Gasteiger partial charge in [0.15, 0.2) is 0 Å². The topological polar surface area (TPSA) is 69.6 Å². The number of benzene rings is 1. The fourth-order valence-corrected chi connectivity index (χ4v) is 0.771. The van der Waals surface area contributed by atoms with Crippen molar-refractivity contribution in [2.75, 3.05) is 5.32 Å². The third-order valence-electron chi connectivity index (χ3n) is 1.46. The molecule has 1 aromatic carbocycles. The van der Waals surface area contributed by atoms with E-state index in [9.17, 15) is 4.79 Å². The van der Waals surface area contributed by atoms with Gasteiger partial charge in [-0.1, -0.05) is 18.2 Å². The first-order valence-electron chi connectivity index (χ1n) is 3.81. The highest BCUT2D eigenvalue weighted by Crippen LogP contribution is 2.08. The Bertz CT molecular complexity index is 289. The van der Waals surface area contributed by atoms with Crippen molar-refractivity contribution in [3.63, 3.8) is 0 Å². The lowest BCUT2D eigenvalue weighted by molar-refractivity contribution is -0.172. The summed E-state index contributed by atoms with van der Waals surface area (Å²) in [5.41, 5.74) is 0.529. The maximum absolute atomic E-state index is 11.0.